The lowest BCUT2D eigenvalue weighted by Gasteiger charge is -2.24. The van der Waals surface area contributed by atoms with E-state index in [9.17, 15) is 0 Å². The van der Waals surface area contributed by atoms with E-state index in [1.54, 1.807) is 17.5 Å². The van der Waals surface area contributed by atoms with Crippen molar-refractivity contribution < 1.29 is 4.74 Å². The van der Waals surface area contributed by atoms with Gasteiger partial charge in [0.15, 0.2) is 0 Å². The fourth-order valence-corrected chi connectivity index (χ4v) is 6.21. The molecule has 1 rings (SSSR count). The number of hydrogen-bond donors (Lipinski definition) is 0. The molecule has 0 radical (unpaired) electrons. The van der Waals surface area contributed by atoms with Gasteiger partial charge in [-0.1, -0.05) is 86.3 Å². The first-order chi connectivity index (χ1) is 9.27. The fraction of sp³-hybridized carbons (Fsp3) is 0.647. The highest BCUT2D eigenvalue weighted by atomic mass is 28.3. The number of unbranched alkanes of at least 4 members (excludes halogenated alkanes) is 2. The average Bonchev–Trinajstić information content (AvgIpc) is 2.37. The maximum Gasteiger partial charge on any atom is 0.0806 e. The van der Waals surface area contributed by atoms with E-state index in [1.165, 1.54) is 25.3 Å². The van der Waals surface area contributed by atoms with Gasteiger partial charge >= 0.3 is 0 Å². The predicted molar refractivity (Wildman–Crippen MR) is 97.1 cm³/mol. The van der Waals surface area contributed by atoms with Gasteiger partial charge in [0.25, 0.3) is 0 Å². The van der Waals surface area contributed by atoms with Crippen molar-refractivity contribution in [3.05, 3.63) is 24.3 Å². The summed E-state index contributed by atoms with van der Waals surface area (Å²) in [6, 6.07) is 11.0. The Bertz CT molecular complexity index is 390. The molecule has 1 nitrogen and oxygen atoms in total. The molecular weight excluding hydrogens is 276 g/mol. The highest BCUT2D eigenvalue weighted by molar-refractivity contribution is 6.90. The van der Waals surface area contributed by atoms with Gasteiger partial charge in [-0.15, -0.1) is 0 Å². The van der Waals surface area contributed by atoms with Crippen LogP contribution in [0.15, 0.2) is 24.3 Å². The summed E-state index contributed by atoms with van der Waals surface area (Å²) < 4.78 is 5.12. The summed E-state index contributed by atoms with van der Waals surface area (Å²) >= 11 is 0. The molecule has 1 aromatic rings. The molecule has 0 unspecified atom stereocenters. The number of methoxy groups -OCH3 is 1. The maximum absolute atomic E-state index is 5.12. The van der Waals surface area contributed by atoms with Crippen LogP contribution in [0.5, 0.6) is 0 Å². The largest absolute Gasteiger partial charge is 0.385 e. The third-order valence-corrected chi connectivity index (χ3v) is 9.75. The second kappa shape index (κ2) is 7.57. The average molecular weight is 309 g/mol. The van der Waals surface area contributed by atoms with Gasteiger partial charge < -0.3 is 4.74 Å². The highest BCUT2D eigenvalue weighted by Gasteiger charge is 2.23. The molecule has 0 bridgehead atoms. The first-order valence-corrected chi connectivity index (χ1v) is 14.6. The standard InChI is InChI=1S/C17H32OSi2/c1-18-14-8-7-9-15-20(5,6)17-12-10-16(11-13-17)19(2,3)4/h10-13H,7-9,14-15H2,1-6H3. The fourth-order valence-electron chi connectivity index (χ4n) is 2.56. The van der Waals surface area contributed by atoms with E-state index >= 15 is 0 Å². The second-order valence-electron chi connectivity index (χ2n) is 7.51. The van der Waals surface area contributed by atoms with Crippen LogP contribution in [0.4, 0.5) is 0 Å². The summed E-state index contributed by atoms with van der Waals surface area (Å²) in [4.78, 5) is 0. The minimum absolute atomic E-state index is 0.910. The van der Waals surface area contributed by atoms with E-state index < -0.39 is 16.1 Å². The minimum atomic E-state index is -1.25. The van der Waals surface area contributed by atoms with Crippen LogP contribution in [0.3, 0.4) is 0 Å². The van der Waals surface area contributed by atoms with Crippen LogP contribution in [-0.4, -0.2) is 29.9 Å². The molecule has 0 saturated carbocycles. The molecule has 20 heavy (non-hydrogen) atoms. The van der Waals surface area contributed by atoms with Gasteiger partial charge in [0.1, 0.15) is 0 Å². The van der Waals surface area contributed by atoms with Crippen LogP contribution in [0, 0.1) is 0 Å². The highest BCUT2D eigenvalue weighted by Crippen LogP contribution is 2.15. The third kappa shape index (κ3) is 5.54. The van der Waals surface area contributed by atoms with Crippen molar-refractivity contribution in [3.8, 4) is 0 Å². The lowest BCUT2D eigenvalue weighted by molar-refractivity contribution is 0.192. The summed E-state index contributed by atoms with van der Waals surface area (Å²) in [7, 11) is -0.611. The van der Waals surface area contributed by atoms with Gasteiger partial charge in [0.2, 0.25) is 0 Å². The monoisotopic (exact) mass is 308 g/mol. The molecule has 1 aromatic carbocycles. The van der Waals surface area contributed by atoms with Crippen molar-refractivity contribution in [2.24, 2.45) is 0 Å². The molecule has 3 heteroatoms. The van der Waals surface area contributed by atoms with Crippen molar-refractivity contribution in [1.82, 2.24) is 0 Å². The Morgan fingerprint density at radius 2 is 1.35 bits per heavy atom. The van der Waals surface area contributed by atoms with Crippen LogP contribution >= 0.6 is 0 Å². The van der Waals surface area contributed by atoms with E-state index in [0.717, 1.165) is 6.61 Å². The van der Waals surface area contributed by atoms with Crippen molar-refractivity contribution in [1.29, 1.82) is 0 Å². The van der Waals surface area contributed by atoms with Crippen molar-refractivity contribution in [2.75, 3.05) is 13.7 Å². The molecule has 0 heterocycles. The molecule has 0 aliphatic carbocycles. The Morgan fingerprint density at radius 1 is 0.800 bits per heavy atom. The molecule has 0 saturated heterocycles. The van der Waals surface area contributed by atoms with E-state index in [2.05, 4.69) is 57.0 Å². The predicted octanol–water partition coefficient (Wildman–Crippen LogP) is 3.96. The summed E-state index contributed by atoms with van der Waals surface area (Å²) in [5.41, 5.74) is 0. The molecule has 0 aliphatic heterocycles. The summed E-state index contributed by atoms with van der Waals surface area (Å²) in [6.07, 6.45) is 3.85. The van der Waals surface area contributed by atoms with Crippen LogP contribution in [-0.2, 0) is 4.74 Å². The first-order valence-electron chi connectivity index (χ1n) is 7.87. The number of hydrogen-bond acceptors (Lipinski definition) is 1. The molecule has 0 amide bonds. The summed E-state index contributed by atoms with van der Waals surface area (Å²) in [5, 5.41) is 3.19. The zero-order valence-corrected chi connectivity index (χ0v) is 16.3. The Kier molecular flexibility index (Phi) is 6.69. The number of ether oxygens (including phenoxy) is 1. The Hall–Kier alpha value is -0.386. The van der Waals surface area contributed by atoms with Gasteiger partial charge in [-0.3, -0.25) is 0 Å². The van der Waals surface area contributed by atoms with E-state index in [0.29, 0.717) is 0 Å². The molecule has 0 aromatic heterocycles. The minimum Gasteiger partial charge on any atom is -0.385 e. The Morgan fingerprint density at radius 3 is 1.85 bits per heavy atom. The SMILES string of the molecule is COCCCCC[Si](C)(C)c1ccc([Si](C)(C)C)cc1. The van der Waals surface area contributed by atoms with E-state index in [-0.39, 0.29) is 0 Å². The molecule has 0 N–H and O–H groups in total. The molecule has 0 spiro atoms. The smallest absolute Gasteiger partial charge is 0.0806 e. The Balaban J connectivity index is 2.58. The van der Waals surface area contributed by atoms with Crippen LogP contribution in [0.1, 0.15) is 19.3 Å². The molecule has 114 valence electrons. The van der Waals surface area contributed by atoms with Crippen LogP contribution in [0.25, 0.3) is 0 Å². The maximum atomic E-state index is 5.12. The van der Waals surface area contributed by atoms with Gasteiger partial charge in [-0.25, -0.2) is 0 Å². The molecule has 0 aliphatic rings. The topological polar surface area (TPSA) is 9.23 Å². The van der Waals surface area contributed by atoms with Crippen molar-refractivity contribution >= 4 is 26.5 Å². The quantitative estimate of drug-likeness (QED) is 0.522. The number of benzene rings is 1. The Labute approximate surface area is 127 Å². The lowest BCUT2D eigenvalue weighted by atomic mass is 10.3. The zero-order valence-electron chi connectivity index (χ0n) is 14.3. The van der Waals surface area contributed by atoms with Crippen molar-refractivity contribution in [3.63, 3.8) is 0 Å². The molecule has 0 atom stereocenters. The van der Waals surface area contributed by atoms with Gasteiger partial charge in [-0.05, 0) is 6.42 Å². The second-order valence-corrected chi connectivity index (χ2v) is 17.4. The van der Waals surface area contributed by atoms with Gasteiger partial charge in [0, 0.05) is 13.7 Å². The zero-order chi connectivity index (χ0) is 15.2. The van der Waals surface area contributed by atoms with Crippen LogP contribution < -0.4 is 10.4 Å². The van der Waals surface area contributed by atoms with Crippen LogP contribution in [0.2, 0.25) is 38.8 Å². The van der Waals surface area contributed by atoms with E-state index in [1.807, 2.05) is 0 Å². The molecular formula is C17H32OSi2. The summed E-state index contributed by atoms with van der Waals surface area (Å²) in [5.74, 6) is 0. The number of rotatable bonds is 8. The van der Waals surface area contributed by atoms with Gasteiger partial charge in [0.05, 0.1) is 16.1 Å². The summed E-state index contributed by atoms with van der Waals surface area (Å²) in [6.45, 7) is 13.2. The third-order valence-electron chi connectivity index (χ3n) is 4.18. The van der Waals surface area contributed by atoms with Crippen molar-refractivity contribution in [2.45, 2.75) is 58.0 Å². The van der Waals surface area contributed by atoms with Gasteiger partial charge in [-0.2, -0.15) is 0 Å². The van der Waals surface area contributed by atoms with E-state index in [4.69, 9.17) is 4.74 Å². The lowest BCUT2D eigenvalue weighted by Crippen LogP contribution is -2.44. The normalized spacial score (nSPS) is 12.7. The molecule has 0 fully saturated rings. The first kappa shape index (κ1) is 17.7.